The zero-order valence-corrected chi connectivity index (χ0v) is 23.5. The average Bonchev–Trinajstić information content (AvgIpc) is 2.87. The number of fused-ring (bicyclic) bond motifs is 1. The minimum Gasteiger partial charge on any atom is -0.459 e. The topological polar surface area (TPSA) is 92.8 Å². The molecular weight excluding hydrogens is 571 g/mol. The van der Waals surface area contributed by atoms with Gasteiger partial charge in [-0.05, 0) is 58.7 Å². The summed E-state index contributed by atoms with van der Waals surface area (Å²) >= 11 is 19.2. The van der Waals surface area contributed by atoms with Gasteiger partial charge in [-0.25, -0.2) is 17.6 Å². The first-order chi connectivity index (χ1) is 18.0. The van der Waals surface area contributed by atoms with Crippen LogP contribution in [0, 0.1) is 0 Å². The summed E-state index contributed by atoms with van der Waals surface area (Å²) in [6, 6.07) is 15.8. The van der Waals surface area contributed by atoms with Crippen molar-refractivity contribution in [1.82, 2.24) is 9.74 Å². The summed E-state index contributed by atoms with van der Waals surface area (Å²) in [4.78, 5) is 26.7. The van der Waals surface area contributed by atoms with E-state index < -0.39 is 27.8 Å². The van der Waals surface area contributed by atoms with Gasteiger partial charge in [0, 0.05) is 25.8 Å². The zero-order chi connectivity index (χ0) is 27.4. The van der Waals surface area contributed by atoms with E-state index in [9.17, 15) is 18.0 Å². The quantitative estimate of drug-likeness (QED) is 0.291. The molecule has 4 rings (SSSR count). The number of hydrogen-bond donors (Lipinski definition) is 1. The van der Waals surface area contributed by atoms with Crippen LogP contribution in [0.2, 0.25) is 10.0 Å². The highest BCUT2D eigenvalue weighted by Gasteiger charge is 2.29. The molecule has 0 radical (unpaired) electrons. The van der Waals surface area contributed by atoms with E-state index in [2.05, 4.69) is 5.32 Å². The molecule has 0 saturated heterocycles. The van der Waals surface area contributed by atoms with Gasteiger partial charge < -0.3 is 10.1 Å². The number of esters is 1. The van der Waals surface area contributed by atoms with E-state index in [0.717, 1.165) is 22.9 Å². The molecule has 0 fully saturated rings. The van der Waals surface area contributed by atoms with Crippen molar-refractivity contribution in [1.29, 1.82) is 0 Å². The maximum Gasteiger partial charge on any atom is 0.329 e. The van der Waals surface area contributed by atoms with Gasteiger partial charge in [0.15, 0.2) is 9.84 Å². The fourth-order valence-corrected chi connectivity index (χ4v) is 5.89. The molecule has 7 nitrogen and oxygen atoms in total. The largest absolute Gasteiger partial charge is 0.459 e. The smallest absolute Gasteiger partial charge is 0.329 e. The van der Waals surface area contributed by atoms with Crippen LogP contribution in [0.1, 0.15) is 32.6 Å². The zero-order valence-electron chi connectivity index (χ0n) is 20.4. The lowest BCUT2D eigenvalue weighted by molar-refractivity contribution is -0.147. The van der Waals surface area contributed by atoms with Crippen LogP contribution >= 0.6 is 35.0 Å². The standard InChI is InChI=1S/C27H25Cl3N2O5S/c1-38(35,36)20-9-5-8-18(12-20)13-23(27(34)37-16-17-6-3-2-4-7-17)31-26(33)24-22(28)14-19-15-32(30)11-10-21(19)25(24)29/h2-9,12,14,23H,10-11,13,15-16H2,1H3,(H,31,33)/t23-/m0/s1. The maximum absolute atomic E-state index is 13.4. The number of rotatable bonds is 8. The Kier molecular flexibility index (Phi) is 9.00. The van der Waals surface area contributed by atoms with E-state index in [1.54, 1.807) is 22.6 Å². The van der Waals surface area contributed by atoms with E-state index in [4.69, 9.17) is 39.7 Å². The highest BCUT2D eigenvalue weighted by atomic mass is 35.5. The van der Waals surface area contributed by atoms with Gasteiger partial charge in [-0.3, -0.25) is 4.79 Å². The summed E-state index contributed by atoms with van der Waals surface area (Å²) in [5, 5.41) is 3.05. The molecule has 0 aromatic heterocycles. The van der Waals surface area contributed by atoms with Gasteiger partial charge in [-0.1, -0.05) is 65.7 Å². The predicted octanol–water partition coefficient (Wildman–Crippen LogP) is 4.99. The van der Waals surface area contributed by atoms with Crippen molar-refractivity contribution in [2.45, 2.75) is 36.9 Å². The molecule has 0 spiro atoms. The normalized spacial score (nSPS) is 14.4. The summed E-state index contributed by atoms with van der Waals surface area (Å²) in [7, 11) is -3.47. The monoisotopic (exact) mass is 594 g/mol. The Labute approximate surface area is 236 Å². The van der Waals surface area contributed by atoms with Crippen LogP contribution in [0.15, 0.2) is 65.6 Å². The summed E-state index contributed by atoms with van der Waals surface area (Å²) in [5.41, 5.74) is 2.97. The Morgan fingerprint density at radius 2 is 1.76 bits per heavy atom. The van der Waals surface area contributed by atoms with Crippen molar-refractivity contribution in [2.24, 2.45) is 0 Å². The number of nitrogens with one attached hydrogen (secondary N) is 1. The molecule has 1 amide bonds. The number of hydrogen-bond acceptors (Lipinski definition) is 6. The van der Waals surface area contributed by atoms with Gasteiger partial charge in [-0.15, -0.1) is 0 Å². The van der Waals surface area contributed by atoms with Crippen molar-refractivity contribution >= 4 is 56.7 Å². The van der Waals surface area contributed by atoms with Gasteiger partial charge in [0.2, 0.25) is 0 Å². The molecule has 0 aliphatic carbocycles. The lowest BCUT2D eigenvalue weighted by Crippen LogP contribution is -2.43. The molecule has 38 heavy (non-hydrogen) atoms. The van der Waals surface area contributed by atoms with Crippen molar-refractivity contribution in [3.63, 3.8) is 0 Å². The molecule has 0 unspecified atom stereocenters. The minimum absolute atomic E-state index is 0.00467. The van der Waals surface area contributed by atoms with Crippen molar-refractivity contribution in [3.05, 3.63) is 98.5 Å². The fraction of sp³-hybridized carbons (Fsp3) is 0.259. The SMILES string of the molecule is CS(=O)(=O)c1cccc(C[C@H](NC(=O)c2c(Cl)cc3c(c2Cl)CCN(Cl)C3)C(=O)OCc2ccccc2)c1. The Morgan fingerprint density at radius 1 is 1.05 bits per heavy atom. The number of sulfone groups is 1. The third kappa shape index (κ3) is 6.87. The molecule has 1 aliphatic heterocycles. The number of carbonyl (C=O) groups is 2. The molecule has 3 aromatic rings. The number of nitrogens with zero attached hydrogens (tertiary/aromatic N) is 1. The van der Waals surface area contributed by atoms with Gasteiger partial charge >= 0.3 is 5.97 Å². The molecule has 1 atom stereocenters. The Bertz CT molecular complexity index is 1470. The van der Waals surface area contributed by atoms with Crippen molar-refractivity contribution < 1.29 is 22.7 Å². The first-order valence-electron chi connectivity index (χ1n) is 11.7. The van der Waals surface area contributed by atoms with Crippen LogP contribution in [0.5, 0.6) is 0 Å². The average molecular weight is 596 g/mol. The van der Waals surface area contributed by atoms with Gasteiger partial charge in [0.1, 0.15) is 12.6 Å². The highest BCUT2D eigenvalue weighted by Crippen LogP contribution is 2.35. The molecule has 1 aliphatic rings. The third-order valence-electron chi connectivity index (χ3n) is 6.17. The Morgan fingerprint density at radius 3 is 2.47 bits per heavy atom. The highest BCUT2D eigenvalue weighted by molar-refractivity contribution is 7.90. The van der Waals surface area contributed by atoms with Crippen LogP contribution in [0.3, 0.4) is 0 Å². The van der Waals surface area contributed by atoms with E-state index in [1.807, 2.05) is 30.3 Å². The van der Waals surface area contributed by atoms with Crippen molar-refractivity contribution in [3.8, 4) is 0 Å². The number of carbonyl (C=O) groups excluding carboxylic acids is 2. The maximum atomic E-state index is 13.4. The fourth-order valence-electron chi connectivity index (χ4n) is 4.22. The first kappa shape index (κ1) is 28.4. The van der Waals surface area contributed by atoms with Crippen LogP contribution in [0.25, 0.3) is 0 Å². The number of halogens is 3. The summed E-state index contributed by atoms with van der Waals surface area (Å²) in [6.07, 6.45) is 1.63. The lowest BCUT2D eigenvalue weighted by atomic mass is 9.97. The molecule has 11 heteroatoms. The Balaban J connectivity index is 1.61. The number of amides is 1. The van der Waals surface area contributed by atoms with Gasteiger partial charge in [-0.2, -0.15) is 0 Å². The Hall–Kier alpha value is -2.62. The summed E-state index contributed by atoms with van der Waals surface area (Å²) in [5.74, 6) is -1.33. The molecule has 1 N–H and O–H groups in total. The molecule has 1 heterocycles. The van der Waals surface area contributed by atoms with Crippen LogP contribution in [-0.2, 0) is 45.4 Å². The number of benzene rings is 3. The minimum atomic E-state index is -3.47. The first-order valence-corrected chi connectivity index (χ1v) is 14.7. The van der Waals surface area contributed by atoms with E-state index in [1.165, 1.54) is 12.1 Å². The van der Waals surface area contributed by atoms with Crippen LogP contribution < -0.4 is 5.32 Å². The second-order valence-electron chi connectivity index (χ2n) is 9.02. The molecule has 0 bridgehead atoms. The molecule has 0 saturated carbocycles. The number of ether oxygens (including phenoxy) is 1. The van der Waals surface area contributed by atoms with Crippen LogP contribution in [0.4, 0.5) is 0 Å². The molecule has 3 aromatic carbocycles. The predicted molar refractivity (Wildman–Crippen MR) is 147 cm³/mol. The van der Waals surface area contributed by atoms with Crippen LogP contribution in [-0.4, -0.2) is 43.6 Å². The molecular formula is C27H25Cl3N2O5S. The second kappa shape index (κ2) is 12.1. The molecule has 200 valence electrons. The van der Waals surface area contributed by atoms with E-state index in [-0.39, 0.29) is 33.5 Å². The summed E-state index contributed by atoms with van der Waals surface area (Å²) in [6.45, 7) is 0.996. The third-order valence-corrected chi connectivity index (χ3v) is 8.28. The van der Waals surface area contributed by atoms with E-state index in [0.29, 0.717) is 25.1 Å². The van der Waals surface area contributed by atoms with E-state index >= 15 is 0 Å². The lowest BCUT2D eigenvalue weighted by Gasteiger charge is -2.25. The summed E-state index contributed by atoms with van der Waals surface area (Å²) < 4.78 is 31.2. The van der Waals surface area contributed by atoms with Gasteiger partial charge in [0.25, 0.3) is 5.91 Å². The van der Waals surface area contributed by atoms with Crippen molar-refractivity contribution in [2.75, 3.05) is 12.8 Å². The second-order valence-corrected chi connectivity index (χ2v) is 12.3. The van der Waals surface area contributed by atoms with Gasteiger partial charge in [0.05, 0.1) is 20.5 Å².